The number of amides is 7. The van der Waals surface area contributed by atoms with Crippen LogP contribution >= 0.6 is 0 Å². The molecule has 2 aliphatic heterocycles. The largest absolute Gasteiger partial charge is 0.497 e. The smallest absolute Gasteiger partial charge is 0.329 e. The van der Waals surface area contributed by atoms with Crippen molar-refractivity contribution >= 4 is 47.3 Å². The first-order valence-corrected chi connectivity index (χ1v) is 27.1. The fourth-order valence-corrected chi connectivity index (χ4v) is 10.5. The van der Waals surface area contributed by atoms with Crippen molar-refractivity contribution in [1.82, 2.24) is 30.2 Å². The third-order valence-corrected chi connectivity index (χ3v) is 15.1. The van der Waals surface area contributed by atoms with Crippen LogP contribution < -0.4 is 20.1 Å². The van der Waals surface area contributed by atoms with Crippen molar-refractivity contribution in [3.8, 4) is 11.5 Å². The number of likely N-dealkylation sites (N-methyl/N-ethyl adjacent to an activating group) is 2. The number of hydrogen-bond donors (Lipinski definition) is 2. The van der Waals surface area contributed by atoms with Crippen molar-refractivity contribution in [3.05, 3.63) is 71.8 Å². The Morgan fingerprint density at radius 1 is 0.779 bits per heavy atom. The Morgan fingerprint density at radius 3 is 2.04 bits per heavy atom. The number of esters is 1. The summed E-state index contributed by atoms with van der Waals surface area (Å²) in [4.78, 5) is 115. The molecule has 0 spiro atoms. The molecule has 4 rings (SSSR count). The topological polar surface area (TPSA) is 220 Å². The van der Waals surface area contributed by atoms with Gasteiger partial charge < -0.3 is 49.0 Å². The van der Waals surface area contributed by atoms with Gasteiger partial charge in [0, 0.05) is 78.0 Å². The molecular formula is C58H86N6O13. The first-order valence-electron chi connectivity index (χ1n) is 27.1. The summed E-state index contributed by atoms with van der Waals surface area (Å²) in [6.07, 6.45) is 4.70. The number of likely N-dealkylation sites (tertiary alicyclic amines) is 1. The first kappa shape index (κ1) is 63.2. The molecule has 0 bridgehead atoms. The maximum atomic E-state index is 14.7. The second-order valence-electron chi connectivity index (χ2n) is 21.0. The molecule has 2 aliphatic rings. The number of benzene rings is 2. The molecule has 0 saturated carbocycles. The van der Waals surface area contributed by atoms with Gasteiger partial charge in [0.15, 0.2) is 0 Å². The molecule has 2 N–H and O–H groups in total. The zero-order valence-corrected chi connectivity index (χ0v) is 47.7. The van der Waals surface area contributed by atoms with Crippen LogP contribution in [0.2, 0.25) is 0 Å². The van der Waals surface area contributed by atoms with E-state index in [2.05, 4.69) is 10.6 Å². The van der Waals surface area contributed by atoms with E-state index in [1.807, 2.05) is 71.9 Å². The molecule has 2 heterocycles. The molecule has 6 unspecified atom stereocenters. The summed E-state index contributed by atoms with van der Waals surface area (Å²) in [6, 6.07) is 10.5. The van der Waals surface area contributed by atoms with Crippen LogP contribution in [0.5, 0.6) is 11.5 Å². The number of methoxy groups -OCH3 is 4. The van der Waals surface area contributed by atoms with Crippen LogP contribution in [0.3, 0.4) is 0 Å². The van der Waals surface area contributed by atoms with Gasteiger partial charge in [-0.1, -0.05) is 91.6 Å². The molecule has 1 saturated heterocycles. The minimum Gasteiger partial charge on any atom is -0.497 e. The van der Waals surface area contributed by atoms with Gasteiger partial charge >= 0.3 is 5.97 Å². The minimum absolute atomic E-state index is 0.0899. The number of nitrogens with one attached hydrogen (secondary N) is 2. The predicted octanol–water partition coefficient (Wildman–Crippen LogP) is 5.50. The standard InChI is InChI=1S/C58H86N6O13/c1-14-38(6)53(62(9)57(71)51(36(2)3)60-56(70)52(37(4)5)61(8)47(65)25-19-16-20-30-64-48(66)28-29-49(64)67)46(75-12)34-50(68)63-31-21-24-44(63)54(76-13)39(7)55(69)59-43(32-40-22-17-15-18-23-40)58(72)77-35-41-26-27-42(73-10)33-45(41)74-11/h15,17-18,22-23,26-29,33,36-39,43-44,46,51-54H,14,16,19-21,24-25,30-32,34-35H2,1-13H3,(H,59,69)(H,60,70)/t38?,39?,43-,44?,46?,51-,52?,53-,54?/m0/s1. The maximum absolute atomic E-state index is 14.7. The van der Waals surface area contributed by atoms with Gasteiger partial charge in [0.2, 0.25) is 29.5 Å². The van der Waals surface area contributed by atoms with E-state index in [0.29, 0.717) is 62.1 Å². The Kier molecular flexibility index (Phi) is 25.1. The van der Waals surface area contributed by atoms with Gasteiger partial charge in [-0.15, -0.1) is 0 Å². The average molecular weight is 1080 g/mol. The van der Waals surface area contributed by atoms with Crippen molar-refractivity contribution in [1.29, 1.82) is 0 Å². The summed E-state index contributed by atoms with van der Waals surface area (Å²) in [6.45, 7) is 13.6. The van der Waals surface area contributed by atoms with E-state index in [-0.39, 0.29) is 79.7 Å². The highest BCUT2D eigenvalue weighted by atomic mass is 16.5. The van der Waals surface area contributed by atoms with Gasteiger partial charge in [-0.05, 0) is 61.1 Å². The lowest BCUT2D eigenvalue weighted by Crippen LogP contribution is -2.60. The van der Waals surface area contributed by atoms with Crippen molar-refractivity contribution < 1.29 is 62.0 Å². The van der Waals surface area contributed by atoms with Gasteiger partial charge in [-0.3, -0.25) is 38.5 Å². The summed E-state index contributed by atoms with van der Waals surface area (Å²) in [5, 5.41) is 5.92. The molecule has 0 aliphatic carbocycles. The van der Waals surface area contributed by atoms with Crippen molar-refractivity contribution in [2.45, 2.75) is 155 Å². The van der Waals surface area contributed by atoms with Crippen molar-refractivity contribution in [2.75, 3.05) is 55.6 Å². The van der Waals surface area contributed by atoms with Crippen LogP contribution in [0.1, 0.15) is 111 Å². The van der Waals surface area contributed by atoms with Crippen LogP contribution in [0, 0.1) is 23.7 Å². The normalized spacial score (nSPS) is 17.5. The highest BCUT2D eigenvalue weighted by Crippen LogP contribution is 2.31. The van der Waals surface area contributed by atoms with Crippen molar-refractivity contribution in [3.63, 3.8) is 0 Å². The number of rotatable bonds is 31. The predicted molar refractivity (Wildman–Crippen MR) is 290 cm³/mol. The molecule has 1 fully saturated rings. The number of carbonyl (C=O) groups excluding carboxylic acids is 8. The number of hydrogen-bond acceptors (Lipinski definition) is 13. The second kappa shape index (κ2) is 30.6. The fraction of sp³-hybridized carbons (Fsp3) is 0.621. The molecular weight excluding hydrogens is 989 g/mol. The van der Waals surface area contributed by atoms with E-state index in [4.69, 9.17) is 23.7 Å². The third-order valence-electron chi connectivity index (χ3n) is 15.1. The lowest BCUT2D eigenvalue weighted by molar-refractivity contribution is -0.151. The van der Waals surface area contributed by atoms with E-state index in [1.54, 1.807) is 56.1 Å². The Labute approximate surface area is 456 Å². The van der Waals surface area contributed by atoms with E-state index >= 15 is 0 Å². The number of nitrogens with zero attached hydrogens (tertiary/aromatic N) is 4. The Bertz CT molecular complexity index is 2330. The van der Waals surface area contributed by atoms with Gasteiger partial charge in [0.25, 0.3) is 11.8 Å². The summed E-state index contributed by atoms with van der Waals surface area (Å²) >= 11 is 0. The molecule has 2 aromatic rings. The number of imide groups is 1. The Hall–Kier alpha value is -6.34. The molecule has 9 atom stereocenters. The van der Waals surface area contributed by atoms with E-state index in [0.717, 1.165) is 5.56 Å². The van der Waals surface area contributed by atoms with Crippen molar-refractivity contribution in [2.24, 2.45) is 23.7 Å². The summed E-state index contributed by atoms with van der Waals surface area (Å²) < 4.78 is 28.7. The highest BCUT2D eigenvalue weighted by Gasteiger charge is 2.44. The molecule has 19 nitrogen and oxygen atoms in total. The fourth-order valence-electron chi connectivity index (χ4n) is 10.5. The SMILES string of the molecule is CCC(C)[C@@H](C(CC(=O)N1CCCC1C(OC)C(C)C(=O)N[C@@H](Cc1ccccc1)C(=O)OCc1ccc(OC)cc1OC)OC)N(C)C(=O)[C@@H](NC(=O)C(C(C)C)N(C)C(=O)CCCCCN1C(=O)C=CC1=O)C(C)C. The monoisotopic (exact) mass is 1070 g/mol. The quantitative estimate of drug-likeness (QED) is 0.0542. The molecule has 7 amide bonds. The maximum Gasteiger partial charge on any atom is 0.329 e. The van der Waals surface area contributed by atoms with Crippen LogP contribution in [0.4, 0.5) is 0 Å². The van der Waals surface area contributed by atoms with Gasteiger partial charge in [0.05, 0.1) is 50.8 Å². The average Bonchev–Trinajstić information content (AvgIpc) is 4.04. The van der Waals surface area contributed by atoms with Crippen LogP contribution in [-0.4, -0.2) is 165 Å². The first-order chi connectivity index (χ1) is 36.6. The molecule has 0 aromatic heterocycles. The summed E-state index contributed by atoms with van der Waals surface area (Å²) in [7, 11) is 9.31. The second-order valence-corrected chi connectivity index (χ2v) is 21.0. The van der Waals surface area contributed by atoms with Crippen LogP contribution in [0.15, 0.2) is 60.7 Å². The van der Waals surface area contributed by atoms with Gasteiger partial charge in [0.1, 0.15) is 36.2 Å². The van der Waals surface area contributed by atoms with Gasteiger partial charge in [-0.25, -0.2) is 4.79 Å². The summed E-state index contributed by atoms with van der Waals surface area (Å²) in [5.41, 5.74) is 1.42. The number of carbonyl (C=O) groups is 8. The molecule has 19 heteroatoms. The highest BCUT2D eigenvalue weighted by molar-refractivity contribution is 6.12. The lowest BCUT2D eigenvalue weighted by atomic mass is 9.89. The van der Waals surface area contributed by atoms with Crippen LogP contribution in [0.25, 0.3) is 0 Å². The Balaban J connectivity index is 1.45. The Morgan fingerprint density at radius 2 is 1.45 bits per heavy atom. The molecule has 426 valence electrons. The number of ether oxygens (including phenoxy) is 5. The zero-order chi connectivity index (χ0) is 57.1. The third kappa shape index (κ3) is 17.1. The summed E-state index contributed by atoms with van der Waals surface area (Å²) in [5.74, 6) is -3.67. The van der Waals surface area contributed by atoms with E-state index in [9.17, 15) is 38.4 Å². The van der Waals surface area contributed by atoms with Gasteiger partial charge in [-0.2, -0.15) is 0 Å². The van der Waals surface area contributed by atoms with E-state index < -0.39 is 66.1 Å². The molecule has 2 aromatic carbocycles. The zero-order valence-electron chi connectivity index (χ0n) is 47.7. The molecule has 77 heavy (non-hydrogen) atoms. The van der Waals surface area contributed by atoms with E-state index in [1.165, 1.54) is 43.3 Å². The molecule has 0 radical (unpaired) electrons. The number of unbranched alkanes of at least 4 members (excludes halogenated alkanes) is 2. The van der Waals surface area contributed by atoms with Crippen LogP contribution in [-0.2, 0) is 65.6 Å². The minimum atomic E-state index is -1.05. The lowest BCUT2D eigenvalue weighted by Gasteiger charge is -2.41.